The molecule has 1 aromatic heterocycles. The number of carbonyl (C=O) groups is 2. The zero-order chi connectivity index (χ0) is 18.6. The van der Waals surface area contributed by atoms with Crippen LogP contribution >= 0.6 is 0 Å². The molecule has 0 unspecified atom stereocenters. The van der Waals surface area contributed by atoms with E-state index in [4.69, 9.17) is 15.2 Å². The van der Waals surface area contributed by atoms with E-state index in [9.17, 15) is 14.0 Å². The van der Waals surface area contributed by atoms with Crippen molar-refractivity contribution in [2.24, 2.45) is 5.73 Å². The molecule has 1 aliphatic heterocycles. The monoisotopic (exact) mass is 362 g/mol. The third-order valence-corrected chi connectivity index (χ3v) is 4.08. The minimum Gasteiger partial charge on any atom is -0.490 e. The molecule has 1 atom stereocenters. The van der Waals surface area contributed by atoms with E-state index in [1.165, 1.54) is 30.5 Å². The van der Waals surface area contributed by atoms with E-state index in [1.54, 1.807) is 11.0 Å². The van der Waals surface area contributed by atoms with Gasteiger partial charge in [-0.1, -0.05) is 0 Å². The SMILES string of the molecule is NC(=O)C[C@@]1(COc2ccc(F)cc2)CN(C(=O)c2ccn[nH]2)CCO1. The average Bonchev–Trinajstić information content (AvgIpc) is 3.15. The molecule has 0 radical (unpaired) electrons. The molecule has 3 N–H and O–H groups in total. The summed E-state index contributed by atoms with van der Waals surface area (Å²) < 4.78 is 24.5. The summed E-state index contributed by atoms with van der Waals surface area (Å²) in [6, 6.07) is 7.06. The number of nitrogens with two attached hydrogens (primary N) is 1. The van der Waals surface area contributed by atoms with Gasteiger partial charge in [-0.3, -0.25) is 14.7 Å². The Morgan fingerprint density at radius 2 is 2.12 bits per heavy atom. The Labute approximate surface area is 149 Å². The van der Waals surface area contributed by atoms with Gasteiger partial charge in [0.05, 0.1) is 19.6 Å². The van der Waals surface area contributed by atoms with Crippen molar-refractivity contribution in [1.29, 1.82) is 0 Å². The van der Waals surface area contributed by atoms with E-state index < -0.39 is 11.5 Å². The van der Waals surface area contributed by atoms with Crippen LogP contribution in [0, 0.1) is 5.82 Å². The second-order valence-corrected chi connectivity index (χ2v) is 6.11. The molecule has 1 saturated heterocycles. The second-order valence-electron chi connectivity index (χ2n) is 6.11. The van der Waals surface area contributed by atoms with Crippen molar-refractivity contribution in [3.8, 4) is 5.75 Å². The highest BCUT2D eigenvalue weighted by Gasteiger charge is 2.41. The number of halogens is 1. The van der Waals surface area contributed by atoms with Gasteiger partial charge in [-0.25, -0.2) is 4.39 Å². The molecular weight excluding hydrogens is 343 g/mol. The van der Waals surface area contributed by atoms with Crippen molar-refractivity contribution in [2.75, 3.05) is 26.3 Å². The third-order valence-electron chi connectivity index (χ3n) is 4.08. The van der Waals surface area contributed by atoms with Crippen LogP contribution in [0.5, 0.6) is 5.75 Å². The number of aromatic nitrogens is 2. The first-order valence-corrected chi connectivity index (χ1v) is 8.07. The smallest absolute Gasteiger partial charge is 0.272 e. The summed E-state index contributed by atoms with van der Waals surface area (Å²) in [5.74, 6) is -0.768. The molecule has 0 aliphatic carbocycles. The van der Waals surface area contributed by atoms with Crippen LogP contribution in [0.4, 0.5) is 4.39 Å². The first-order valence-electron chi connectivity index (χ1n) is 8.07. The van der Waals surface area contributed by atoms with Crippen molar-refractivity contribution in [3.05, 3.63) is 48.0 Å². The van der Waals surface area contributed by atoms with E-state index in [2.05, 4.69) is 10.2 Å². The van der Waals surface area contributed by atoms with Gasteiger partial charge in [-0.05, 0) is 30.3 Å². The number of amides is 2. The van der Waals surface area contributed by atoms with E-state index in [0.29, 0.717) is 18.0 Å². The maximum absolute atomic E-state index is 13.0. The standard InChI is InChI=1S/C17H19FN4O4/c18-12-1-3-13(4-2-12)25-11-17(9-15(19)23)10-22(7-8-26-17)16(24)14-5-6-20-21-14/h1-6H,7-11H2,(H2,19,23)(H,20,21)/t17-/m0/s1. The number of hydrogen-bond donors (Lipinski definition) is 2. The number of carbonyl (C=O) groups excluding carboxylic acids is 2. The number of aromatic amines is 1. The lowest BCUT2D eigenvalue weighted by Gasteiger charge is -2.41. The Morgan fingerprint density at radius 3 is 2.77 bits per heavy atom. The summed E-state index contributed by atoms with van der Waals surface area (Å²) in [7, 11) is 0. The number of benzene rings is 1. The highest BCUT2D eigenvalue weighted by Crippen LogP contribution is 2.25. The van der Waals surface area contributed by atoms with Crippen LogP contribution in [-0.2, 0) is 9.53 Å². The fraction of sp³-hybridized carbons (Fsp3) is 0.353. The Balaban J connectivity index is 1.74. The predicted octanol–water partition coefficient (Wildman–Crippen LogP) is 0.714. The highest BCUT2D eigenvalue weighted by molar-refractivity contribution is 5.92. The van der Waals surface area contributed by atoms with Gasteiger partial charge in [0.15, 0.2) is 0 Å². The molecule has 2 amide bonds. The number of nitrogens with zero attached hydrogens (tertiary/aromatic N) is 2. The minimum atomic E-state index is -1.08. The third kappa shape index (κ3) is 4.17. The largest absolute Gasteiger partial charge is 0.490 e. The van der Waals surface area contributed by atoms with E-state index in [-0.39, 0.29) is 37.9 Å². The molecule has 138 valence electrons. The molecule has 1 fully saturated rings. The summed E-state index contributed by atoms with van der Waals surface area (Å²) >= 11 is 0. The predicted molar refractivity (Wildman–Crippen MR) is 88.9 cm³/mol. The Kier molecular flexibility index (Phi) is 5.17. The Hall–Kier alpha value is -2.94. The summed E-state index contributed by atoms with van der Waals surface area (Å²) in [4.78, 5) is 25.7. The van der Waals surface area contributed by atoms with Gasteiger partial charge in [0, 0.05) is 12.7 Å². The van der Waals surface area contributed by atoms with Crippen LogP contribution in [0.2, 0.25) is 0 Å². The molecule has 0 bridgehead atoms. The summed E-state index contributed by atoms with van der Waals surface area (Å²) in [6.45, 7) is 0.734. The molecule has 2 heterocycles. The summed E-state index contributed by atoms with van der Waals surface area (Å²) in [5.41, 5.74) is 4.64. The lowest BCUT2D eigenvalue weighted by atomic mass is 9.97. The number of ether oxygens (including phenoxy) is 2. The first-order chi connectivity index (χ1) is 12.5. The first kappa shape index (κ1) is 17.9. The van der Waals surface area contributed by atoms with Crippen LogP contribution < -0.4 is 10.5 Å². The van der Waals surface area contributed by atoms with Crippen LogP contribution in [0.15, 0.2) is 36.5 Å². The average molecular weight is 362 g/mol. The number of rotatable bonds is 6. The van der Waals surface area contributed by atoms with E-state index in [0.717, 1.165) is 0 Å². The molecule has 3 rings (SSSR count). The van der Waals surface area contributed by atoms with Crippen molar-refractivity contribution in [2.45, 2.75) is 12.0 Å². The summed E-state index contributed by atoms with van der Waals surface area (Å²) in [6.07, 6.45) is 1.38. The van der Waals surface area contributed by atoms with Gasteiger partial charge < -0.3 is 20.1 Å². The molecule has 9 heteroatoms. The van der Waals surface area contributed by atoms with Gasteiger partial charge in [0.2, 0.25) is 5.91 Å². The molecule has 2 aromatic rings. The molecule has 0 spiro atoms. The number of morpholine rings is 1. The zero-order valence-electron chi connectivity index (χ0n) is 14.0. The van der Waals surface area contributed by atoms with Gasteiger partial charge >= 0.3 is 0 Å². The highest BCUT2D eigenvalue weighted by atomic mass is 19.1. The van der Waals surface area contributed by atoms with Crippen LogP contribution in [0.25, 0.3) is 0 Å². The van der Waals surface area contributed by atoms with Crippen LogP contribution in [0.1, 0.15) is 16.9 Å². The Bertz CT molecular complexity index is 766. The fourth-order valence-corrected chi connectivity index (χ4v) is 2.87. The van der Waals surface area contributed by atoms with E-state index in [1.807, 2.05) is 0 Å². The van der Waals surface area contributed by atoms with Crippen LogP contribution in [-0.4, -0.2) is 58.8 Å². The Morgan fingerprint density at radius 1 is 1.35 bits per heavy atom. The van der Waals surface area contributed by atoms with Gasteiger partial charge in [0.25, 0.3) is 5.91 Å². The zero-order valence-corrected chi connectivity index (χ0v) is 14.0. The molecular formula is C17H19FN4O4. The lowest BCUT2D eigenvalue weighted by Crippen LogP contribution is -2.58. The normalized spacial score (nSPS) is 20.0. The van der Waals surface area contributed by atoms with Crippen molar-refractivity contribution in [1.82, 2.24) is 15.1 Å². The molecule has 26 heavy (non-hydrogen) atoms. The van der Waals surface area contributed by atoms with Crippen molar-refractivity contribution >= 4 is 11.8 Å². The topological polar surface area (TPSA) is 111 Å². The quantitative estimate of drug-likeness (QED) is 0.786. The fourth-order valence-electron chi connectivity index (χ4n) is 2.87. The number of H-pyrrole nitrogens is 1. The number of nitrogens with one attached hydrogen (secondary N) is 1. The lowest BCUT2D eigenvalue weighted by molar-refractivity contribution is -0.142. The second kappa shape index (κ2) is 7.52. The number of primary amides is 1. The molecule has 8 nitrogen and oxygen atoms in total. The summed E-state index contributed by atoms with van der Waals surface area (Å²) in [5, 5.41) is 6.40. The number of hydrogen-bond acceptors (Lipinski definition) is 5. The van der Waals surface area contributed by atoms with Crippen molar-refractivity contribution in [3.63, 3.8) is 0 Å². The van der Waals surface area contributed by atoms with Gasteiger partial charge in [-0.15, -0.1) is 0 Å². The molecule has 0 saturated carbocycles. The van der Waals surface area contributed by atoms with E-state index >= 15 is 0 Å². The van der Waals surface area contributed by atoms with Crippen LogP contribution in [0.3, 0.4) is 0 Å². The maximum atomic E-state index is 13.0. The molecule has 1 aromatic carbocycles. The van der Waals surface area contributed by atoms with Crippen molar-refractivity contribution < 1.29 is 23.5 Å². The van der Waals surface area contributed by atoms with Gasteiger partial charge in [0.1, 0.15) is 29.5 Å². The molecule has 1 aliphatic rings. The van der Waals surface area contributed by atoms with Gasteiger partial charge in [-0.2, -0.15) is 5.10 Å². The maximum Gasteiger partial charge on any atom is 0.272 e. The minimum absolute atomic E-state index is 0.00563.